The first-order chi connectivity index (χ1) is 9.86. The van der Waals surface area contributed by atoms with E-state index >= 15 is 0 Å². The third kappa shape index (κ3) is 3.03. The molecule has 1 aliphatic carbocycles. The van der Waals surface area contributed by atoms with Gasteiger partial charge in [0.25, 0.3) is 0 Å². The van der Waals surface area contributed by atoms with Crippen molar-refractivity contribution in [2.24, 2.45) is 11.8 Å². The molecule has 4 unspecified atom stereocenters. The lowest BCUT2D eigenvalue weighted by Gasteiger charge is -2.33. The summed E-state index contributed by atoms with van der Waals surface area (Å²) in [5.41, 5.74) is 1.24. The van der Waals surface area contributed by atoms with Crippen LogP contribution in [-0.2, 0) is 11.3 Å². The molecule has 1 heterocycles. The number of hydrogen-bond donors (Lipinski definition) is 1. The molecule has 1 aliphatic heterocycles. The Morgan fingerprint density at radius 1 is 1.25 bits per heavy atom. The number of nitrogens with one attached hydrogen (secondary N) is 1. The smallest absolute Gasteiger partial charge is 0.0720 e. The Labute approximate surface area is 120 Å². The van der Waals surface area contributed by atoms with Gasteiger partial charge in [-0.25, -0.2) is 0 Å². The molecule has 0 spiro atoms. The maximum atomic E-state index is 8.93. The average molecular weight is 270 g/mol. The number of nitriles is 1. The number of fused-ring (bicyclic) bond motifs is 1. The van der Waals surface area contributed by atoms with Crippen LogP contribution in [0.15, 0.2) is 30.3 Å². The van der Waals surface area contributed by atoms with Crippen LogP contribution in [0.2, 0.25) is 0 Å². The molecule has 3 heteroatoms. The Kier molecular flexibility index (Phi) is 4.34. The summed E-state index contributed by atoms with van der Waals surface area (Å²) >= 11 is 0. The van der Waals surface area contributed by atoms with Crippen LogP contribution in [-0.4, -0.2) is 18.7 Å². The minimum absolute atomic E-state index is 0.359. The average Bonchev–Trinajstić information content (AvgIpc) is 2.89. The predicted octanol–water partition coefficient (Wildman–Crippen LogP) is 2.87. The molecule has 0 bridgehead atoms. The summed E-state index contributed by atoms with van der Waals surface area (Å²) in [6.45, 7) is 1.72. The van der Waals surface area contributed by atoms with Gasteiger partial charge in [0.05, 0.1) is 18.8 Å². The van der Waals surface area contributed by atoms with E-state index < -0.39 is 0 Å². The second-order valence-electron chi connectivity index (χ2n) is 6.03. The summed E-state index contributed by atoms with van der Waals surface area (Å²) in [7, 11) is 0. The molecular weight excluding hydrogens is 248 g/mol. The van der Waals surface area contributed by atoms with E-state index in [1.807, 2.05) is 6.07 Å². The van der Waals surface area contributed by atoms with Crippen LogP contribution in [0.1, 0.15) is 31.2 Å². The standard InChI is InChI=1S/C17H22N2O/c18-9-8-14-11-19-17-7-6-15(10-16(14)17)20-12-13-4-2-1-3-5-13/h1-5,14-17,19H,6-8,10-12H2. The fourth-order valence-corrected chi connectivity index (χ4v) is 3.67. The molecule has 1 aromatic rings. The summed E-state index contributed by atoms with van der Waals surface area (Å²) in [6, 6.07) is 13.3. The Bertz CT molecular complexity index is 468. The van der Waals surface area contributed by atoms with E-state index in [0.29, 0.717) is 37.0 Å². The lowest BCUT2D eigenvalue weighted by atomic mass is 9.77. The highest BCUT2D eigenvalue weighted by Gasteiger charge is 2.40. The van der Waals surface area contributed by atoms with Crippen molar-refractivity contribution in [1.82, 2.24) is 5.32 Å². The predicted molar refractivity (Wildman–Crippen MR) is 77.9 cm³/mol. The van der Waals surface area contributed by atoms with Gasteiger partial charge in [-0.05, 0) is 43.2 Å². The van der Waals surface area contributed by atoms with Crippen molar-refractivity contribution in [3.05, 3.63) is 35.9 Å². The van der Waals surface area contributed by atoms with Gasteiger partial charge in [-0.15, -0.1) is 0 Å². The Morgan fingerprint density at radius 3 is 2.90 bits per heavy atom. The molecule has 20 heavy (non-hydrogen) atoms. The van der Waals surface area contributed by atoms with Gasteiger partial charge in [0.2, 0.25) is 0 Å². The van der Waals surface area contributed by atoms with Crippen LogP contribution >= 0.6 is 0 Å². The van der Waals surface area contributed by atoms with Crippen molar-refractivity contribution in [3.63, 3.8) is 0 Å². The van der Waals surface area contributed by atoms with E-state index in [2.05, 4.69) is 35.7 Å². The summed E-state index contributed by atoms with van der Waals surface area (Å²) in [5.74, 6) is 1.15. The fraction of sp³-hybridized carbons (Fsp3) is 0.588. The molecule has 1 saturated heterocycles. The second-order valence-corrected chi connectivity index (χ2v) is 6.03. The summed E-state index contributed by atoms with van der Waals surface area (Å²) in [5, 5.41) is 12.5. The molecule has 0 amide bonds. The Balaban J connectivity index is 1.53. The number of nitrogens with zero attached hydrogens (tertiary/aromatic N) is 1. The third-order valence-corrected chi connectivity index (χ3v) is 4.78. The van der Waals surface area contributed by atoms with E-state index in [4.69, 9.17) is 10.00 Å². The largest absolute Gasteiger partial charge is 0.374 e. The normalized spacial score (nSPS) is 32.5. The lowest BCUT2D eigenvalue weighted by Crippen LogP contribution is -2.36. The first-order valence-electron chi connectivity index (χ1n) is 7.62. The molecule has 0 radical (unpaired) electrons. The number of rotatable bonds is 4. The summed E-state index contributed by atoms with van der Waals surface area (Å²) in [4.78, 5) is 0. The quantitative estimate of drug-likeness (QED) is 0.915. The summed E-state index contributed by atoms with van der Waals surface area (Å²) in [6.07, 6.45) is 4.47. The van der Waals surface area contributed by atoms with Crippen molar-refractivity contribution >= 4 is 0 Å². The minimum atomic E-state index is 0.359. The van der Waals surface area contributed by atoms with E-state index in [0.717, 1.165) is 19.4 Å². The van der Waals surface area contributed by atoms with Crippen LogP contribution in [0.25, 0.3) is 0 Å². The SMILES string of the molecule is N#CCC1CNC2CCC(OCc3ccccc3)CC12. The zero-order valence-corrected chi connectivity index (χ0v) is 11.8. The van der Waals surface area contributed by atoms with Gasteiger partial charge in [-0.2, -0.15) is 5.26 Å². The number of ether oxygens (including phenoxy) is 1. The minimum Gasteiger partial charge on any atom is -0.374 e. The molecule has 106 valence electrons. The highest BCUT2D eigenvalue weighted by atomic mass is 16.5. The van der Waals surface area contributed by atoms with Crippen molar-refractivity contribution in [2.45, 2.75) is 44.4 Å². The maximum absolute atomic E-state index is 8.93. The summed E-state index contributed by atoms with van der Waals surface area (Å²) < 4.78 is 6.09. The molecule has 1 aromatic carbocycles. The van der Waals surface area contributed by atoms with Crippen LogP contribution in [0, 0.1) is 23.2 Å². The van der Waals surface area contributed by atoms with Gasteiger partial charge < -0.3 is 10.1 Å². The Hall–Kier alpha value is -1.37. The topological polar surface area (TPSA) is 45.0 Å². The zero-order chi connectivity index (χ0) is 13.8. The number of benzene rings is 1. The van der Waals surface area contributed by atoms with Crippen LogP contribution in [0.3, 0.4) is 0 Å². The fourth-order valence-electron chi connectivity index (χ4n) is 3.67. The van der Waals surface area contributed by atoms with Gasteiger partial charge in [0.15, 0.2) is 0 Å². The molecule has 3 nitrogen and oxygen atoms in total. The second kappa shape index (κ2) is 6.39. The van der Waals surface area contributed by atoms with Crippen molar-refractivity contribution in [3.8, 4) is 6.07 Å². The van der Waals surface area contributed by atoms with Crippen molar-refractivity contribution < 1.29 is 4.74 Å². The van der Waals surface area contributed by atoms with Gasteiger partial charge in [0.1, 0.15) is 0 Å². The Morgan fingerprint density at radius 2 is 2.10 bits per heavy atom. The third-order valence-electron chi connectivity index (χ3n) is 4.78. The highest BCUT2D eigenvalue weighted by Crippen LogP contribution is 2.37. The molecule has 1 saturated carbocycles. The van der Waals surface area contributed by atoms with Crippen molar-refractivity contribution in [2.75, 3.05) is 6.54 Å². The van der Waals surface area contributed by atoms with Crippen LogP contribution in [0.4, 0.5) is 0 Å². The lowest BCUT2D eigenvalue weighted by molar-refractivity contribution is -0.00557. The van der Waals surface area contributed by atoms with E-state index in [1.165, 1.54) is 12.0 Å². The number of hydrogen-bond acceptors (Lipinski definition) is 3. The molecule has 2 aliphatic rings. The highest BCUT2D eigenvalue weighted by molar-refractivity contribution is 5.13. The van der Waals surface area contributed by atoms with E-state index in [-0.39, 0.29) is 0 Å². The molecular formula is C17H22N2O. The van der Waals surface area contributed by atoms with E-state index in [9.17, 15) is 0 Å². The van der Waals surface area contributed by atoms with Crippen molar-refractivity contribution in [1.29, 1.82) is 5.26 Å². The monoisotopic (exact) mass is 270 g/mol. The van der Waals surface area contributed by atoms with Crippen LogP contribution in [0.5, 0.6) is 0 Å². The van der Waals surface area contributed by atoms with Gasteiger partial charge in [-0.1, -0.05) is 30.3 Å². The molecule has 1 N–H and O–H groups in total. The first kappa shape index (κ1) is 13.6. The molecule has 4 atom stereocenters. The molecule has 3 rings (SSSR count). The first-order valence-corrected chi connectivity index (χ1v) is 7.62. The van der Waals surface area contributed by atoms with E-state index in [1.54, 1.807) is 0 Å². The van der Waals surface area contributed by atoms with Gasteiger partial charge in [-0.3, -0.25) is 0 Å². The van der Waals surface area contributed by atoms with Crippen LogP contribution < -0.4 is 5.32 Å². The zero-order valence-electron chi connectivity index (χ0n) is 11.8. The van der Waals surface area contributed by atoms with Gasteiger partial charge in [0, 0.05) is 12.5 Å². The maximum Gasteiger partial charge on any atom is 0.0720 e. The molecule has 2 fully saturated rings. The van der Waals surface area contributed by atoms with Gasteiger partial charge >= 0.3 is 0 Å². The molecule has 0 aromatic heterocycles.